The van der Waals surface area contributed by atoms with Gasteiger partial charge in [-0.25, -0.2) is 5.84 Å². The summed E-state index contributed by atoms with van der Waals surface area (Å²) in [4.78, 5) is 10.7. The number of hydrazine groups is 1. The Labute approximate surface area is 58.4 Å². The van der Waals surface area contributed by atoms with Crippen LogP contribution < -0.4 is 11.3 Å². The van der Waals surface area contributed by atoms with Gasteiger partial charge in [0.15, 0.2) is 6.10 Å². The van der Waals surface area contributed by atoms with E-state index in [1.165, 1.54) is 0 Å². The Kier molecular flexibility index (Phi) is 2.61. The maximum Gasteiger partial charge on any atom is 0.265 e. The van der Waals surface area contributed by atoms with E-state index in [2.05, 4.69) is 0 Å². The minimum Gasteiger partial charge on any atom is -0.376 e. The Bertz CT molecular complexity index is 122. The molecule has 0 aromatic carbocycles. The molecule has 1 atom stereocenters. The minimum absolute atomic E-state index is 0.295. The number of ether oxygens (including phenoxy) is 2. The highest BCUT2D eigenvalue weighted by Gasteiger charge is 2.21. The van der Waals surface area contributed by atoms with Crippen molar-refractivity contribution in [3.8, 4) is 0 Å². The molecule has 0 saturated carbocycles. The second kappa shape index (κ2) is 3.50. The molecule has 3 N–H and O–H groups in total. The summed E-state index contributed by atoms with van der Waals surface area (Å²) >= 11 is 0. The number of nitrogens with two attached hydrogens (primary N) is 1. The molecule has 0 radical (unpaired) electrons. The average molecular weight is 146 g/mol. The molecule has 0 spiro atoms. The number of carbonyl (C=O) groups is 1. The van der Waals surface area contributed by atoms with E-state index in [4.69, 9.17) is 15.3 Å². The van der Waals surface area contributed by atoms with Gasteiger partial charge in [0.1, 0.15) is 0 Å². The number of hydrogen-bond donors (Lipinski definition) is 2. The molecule has 1 aliphatic heterocycles. The van der Waals surface area contributed by atoms with Crippen molar-refractivity contribution in [3.05, 3.63) is 0 Å². The van der Waals surface area contributed by atoms with Gasteiger partial charge in [0.2, 0.25) is 0 Å². The van der Waals surface area contributed by atoms with Crippen LogP contribution in [0.3, 0.4) is 0 Å². The van der Waals surface area contributed by atoms with Crippen molar-refractivity contribution in [2.75, 3.05) is 19.8 Å². The van der Waals surface area contributed by atoms with Crippen molar-refractivity contribution in [1.82, 2.24) is 5.43 Å². The Hall–Kier alpha value is -0.650. The van der Waals surface area contributed by atoms with Gasteiger partial charge < -0.3 is 9.47 Å². The first-order chi connectivity index (χ1) is 4.84. The summed E-state index contributed by atoms with van der Waals surface area (Å²) in [7, 11) is 0. The predicted octanol–water partition coefficient (Wildman–Crippen LogP) is -1.61. The van der Waals surface area contributed by atoms with Gasteiger partial charge in [0.25, 0.3) is 5.91 Å². The standard InChI is InChI=1S/C5H10N2O3/c6-7-5(8)4-3-9-1-2-10-4/h4H,1-3,6H2,(H,7,8)/t4-/m0/s1. The van der Waals surface area contributed by atoms with Crippen LogP contribution in [0.1, 0.15) is 0 Å². The van der Waals surface area contributed by atoms with Crippen LogP contribution >= 0.6 is 0 Å². The number of carbonyl (C=O) groups excluding carboxylic acids is 1. The first-order valence-electron chi connectivity index (χ1n) is 3.04. The zero-order valence-electron chi connectivity index (χ0n) is 5.50. The van der Waals surface area contributed by atoms with Crippen molar-refractivity contribution in [2.45, 2.75) is 6.10 Å². The predicted molar refractivity (Wildman–Crippen MR) is 32.9 cm³/mol. The lowest BCUT2D eigenvalue weighted by molar-refractivity contribution is -0.147. The second-order valence-corrected chi connectivity index (χ2v) is 1.94. The molecule has 5 heteroatoms. The molecule has 0 unspecified atom stereocenters. The van der Waals surface area contributed by atoms with E-state index in [9.17, 15) is 4.79 Å². The van der Waals surface area contributed by atoms with E-state index in [-0.39, 0.29) is 5.91 Å². The van der Waals surface area contributed by atoms with Crippen LogP contribution in [0.2, 0.25) is 0 Å². The van der Waals surface area contributed by atoms with E-state index in [1.54, 1.807) is 0 Å². The highest BCUT2D eigenvalue weighted by molar-refractivity contribution is 5.80. The summed E-state index contributed by atoms with van der Waals surface area (Å²) in [5, 5.41) is 0. The molecule has 0 aromatic rings. The smallest absolute Gasteiger partial charge is 0.265 e. The Balaban J connectivity index is 2.31. The summed E-state index contributed by atoms with van der Waals surface area (Å²) in [6.07, 6.45) is -0.529. The molecular formula is C5H10N2O3. The van der Waals surface area contributed by atoms with Gasteiger partial charge >= 0.3 is 0 Å². The first kappa shape index (κ1) is 7.46. The number of nitrogens with one attached hydrogen (secondary N) is 1. The third-order valence-electron chi connectivity index (χ3n) is 1.25. The lowest BCUT2D eigenvalue weighted by Crippen LogP contribution is -2.45. The Morgan fingerprint density at radius 3 is 2.90 bits per heavy atom. The third-order valence-corrected chi connectivity index (χ3v) is 1.25. The topological polar surface area (TPSA) is 73.6 Å². The van der Waals surface area contributed by atoms with Gasteiger partial charge in [-0.05, 0) is 0 Å². The fourth-order valence-corrected chi connectivity index (χ4v) is 0.732. The van der Waals surface area contributed by atoms with E-state index in [0.29, 0.717) is 19.8 Å². The first-order valence-corrected chi connectivity index (χ1v) is 3.04. The van der Waals surface area contributed by atoms with E-state index in [0.717, 1.165) is 0 Å². The Morgan fingerprint density at radius 2 is 2.40 bits per heavy atom. The number of amides is 1. The molecule has 0 aliphatic carbocycles. The SMILES string of the molecule is NNC(=O)[C@@H]1COCCO1. The largest absolute Gasteiger partial charge is 0.376 e. The fraction of sp³-hybridized carbons (Fsp3) is 0.800. The van der Waals surface area contributed by atoms with Crippen LogP contribution in [0.5, 0.6) is 0 Å². The zero-order valence-corrected chi connectivity index (χ0v) is 5.50. The number of rotatable bonds is 1. The van der Waals surface area contributed by atoms with Crippen LogP contribution in [-0.4, -0.2) is 31.8 Å². The molecule has 1 saturated heterocycles. The summed E-state index contributed by atoms with van der Waals surface area (Å²) in [5.74, 6) is 4.53. The summed E-state index contributed by atoms with van der Waals surface area (Å²) in [6, 6.07) is 0. The van der Waals surface area contributed by atoms with Crippen molar-refractivity contribution in [3.63, 3.8) is 0 Å². The van der Waals surface area contributed by atoms with Crippen molar-refractivity contribution in [1.29, 1.82) is 0 Å². The van der Waals surface area contributed by atoms with Crippen LogP contribution in [0.4, 0.5) is 0 Å². The van der Waals surface area contributed by atoms with Crippen molar-refractivity contribution < 1.29 is 14.3 Å². The Morgan fingerprint density at radius 1 is 1.60 bits per heavy atom. The van der Waals surface area contributed by atoms with Crippen LogP contribution in [-0.2, 0) is 14.3 Å². The van der Waals surface area contributed by atoms with Crippen LogP contribution in [0, 0.1) is 0 Å². The van der Waals surface area contributed by atoms with E-state index in [1.807, 2.05) is 5.43 Å². The fourth-order valence-electron chi connectivity index (χ4n) is 0.732. The summed E-state index contributed by atoms with van der Waals surface area (Å²) in [6.45, 7) is 1.30. The molecule has 5 nitrogen and oxygen atoms in total. The maximum absolute atomic E-state index is 10.7. The van der Waals surface area contributed by atoms with Gasteiger partial charge in [0, 0.05) is 0 Å². The molecule has 58 valence electrons. The monoisotopic (exact) mass is 146 g/mol. The molecule has 1 heterocycles. The number of hydrogen-bond acceptors (Lipinski definition) is 4. The van der Waals surface area contributed by atoms with Crippen LogP contribution in [0.25, 0.3) is 0 Å². The molecule has 1 amide bonds. The van der Waals surface area contributed by atoms with Crippen molar-refractivity contribution in [2.24, 2.45) is 5.84 Å². The highest BCUT2D eigenvalue weighted by Crippen LogP contribution is 1.99. The quantitative estimate of drug-likeness (QED) is 0.265. The summed E-state index contributed by atoms with van der Waals surface area (Å²) in [5.41, 5.74) is 1.99. The van der Waals surface area contributed by atoms with Gasteiger partial charge in [-0.1, -0.05) is 0 Å². The highest BCUT2D eigenvalue weighted by atomic mass is 16.6. The van der Waals surface area contributed by atoms with E-state index >= 15 is 0 Å². The van der Waals surface area contributed by atoms with Gasteiger partial charge in [-0.15, -0.1) is 0 Å². The van der Waals surface area contributed by atoms with Gasteiger partial charge in [-0.3, -0.25) is 10.2 Å². The molecule has 1 rings (SSSR count). The van der Waals surface area contributed by atoms with Gasteiger partial charge in [0.05, 0.1) is 19.8 Å². The second-order valence-electron chi connectivity index (χ2n) is 1.94. The maximum atomic E-state index is 10.7. The molecule has 0 aromatic heterocycles. The van der Waals surface area contributed by atoms with Crippen LogP contribution in [0.15, 0.2) is 0 Å². The van der Waals surface area contributed by atoms with Gasteiger partial charge in [-0.2, -0.15) is 0 Å². The molecule has 1 aliphatic rings. The normalized spacial score (nSPS) is 25.9. The zero-order chi connectivity index (χ0) is 7.40. The molecule has 0 bridgehead atoms. The molecular weight excluding hydrogens is 136 g/mol. The lowest BCUT2D eigenvalue weighted by atomic mass is 10.3. The molecule has 10 heavy (non-hydrogen) atoms. The third kappa shape index (κ3) is 1.66. The minimum atomic E-state index is -0.529. The van der Waals surface area contributed by atoms with E-state index < -0.39 is 6.10 Å². The summed E-state index contributed by atoms with van der Waals surface area (Å²) < 4.78 is 9.98. The average Bonchev–Trinajstić information content (AvgIpc) is 2.05. The lowest BCUT2D eigenvalue weighted by Gasteiger charge is -2.20. The van der Waals surface area contributed by atoms with Crippen molar-refractivity contribution >= 4 is 5.91 Å². The molecule has 1 fully saturated rings.